The van der Waals surface area contributed by atoms with E-state index in [0.29, 0.717) is 0 Å². The smallest absolute Gasteiger partial charge is 0.0568 e. The zero-order chi connectivity index (χ0) is 13.2. The minimum Gasteiger partial charge on any atom is -0.316 e. The molecule has 1 unspecified atom stereocenters. The van der Waals surface area contributed by atoms with E-state index in [1.807, 2.05) is 6.20 Å². The molecule has 1 fully saturated rings. The van der Waals surface area contributed by atoms with E-state index in [1.165, 1.54) is 23.1 Å². The second-order valence-corrected chi connectivity index (χ2v) is 6.18. The number of nitrogens with zero attached hydrogens (tertiary/aromatic N) is 2. The Labute approximate surface area is 122 Å². The Hall–Kier alpha value is -1.13. The minimum atomic E-state index is 0.721. The predicted octanol–water partition coefficient (Wildman–Crippen LogP) is 3.23. The Balaban J connectivity index is 1.80. The van der Waals surface area contributed by atoms with E-state index in [1.54, 1.807) is 0 Å². The standard InChI is InChI=1S/C15H18BrN3/c1-11-6-14(16)2-3-15(11)13-8-18-19(10-13)9-12-4-5-17-7-12/h2-3,6,8,10,12,17H,4-5,7,9H2,1H3. The molecule has 1 aromatic heterocycles. The number of benzene rings is 1. The summed E-state index contributed by atoms with van der Waals surface area (Å²) in [5, 5.41) is 7.90. The molecule has 0 spiro atoms. The highest BCUT2D eigenvalue weighted by molar-refractivity contribution is 9.10. The van der Waals surface area contributed by atoms with E-state index in [4.69, 9.17) is 0 Å². The van der Waals surface area contributed by atoms with Gasteiger partial charge in [0.25, 0.3) is 0 Å². The van der Waals surface area contributed by atoms with E-state index in [0.717, 1.165) is 30.0 Å². The normalized spacial score (nSPS) is 18.9. The van der Waals surface area contributed by atoms with E-state index in [2.05, 4.69) is 62.3 Å². The van der Waals surface area contributed by atoms with E-state index >= 15 is 0 Å². The molecule has 4 heteroatoms. The van der Waals surface area contributed by atoms with Crippen LogP contribution in [0, 0.1) is 12.8 Å². The zero-order valence-corrected chi connectivity index (χ0v) is 12.7. The molecule has 0 radical (unpaired) electrons. The summed E-state index contributed by atoms with van der Waals surface area (Å²) in [5.41, 5.74) is 3.74. The topological polar surface area (TPSA) is 29.9 Å². The lowest BCUT2D eigenvalue weighted by molar-refractivity contribution is 0.449. The fourth-order valence-electron chi connectivity index (χ4n) is 2.69. The molecule has 0 bridgehead atoms. The second-order valence-electron chi connectivity index (χ2n) is 5.27. The molecule has 1 saturated heterocycles. The first-order valence-corrected chi connectivity index (χ1v) is 7.51. The van der Waals surface area contributed by atoms with Gasteiger partial charge in [-0.25, -0.2) is 0 Å². The summed E-state index contributed by atoms with van der Waals surface area (Å²) < 4.78 is 3.20. The van der Waals surface area contributed by atoms with Crippen LogP contribution in [-0.2, 0) is 6.54 Å². The van der Waals surface area contributed by atoms with E-state index < -0.39 is 0 Å². The molecule has 1 aromatic carbocycles. The van der Waals surface area contributed by atoms with Crippen LogP contribution in [0.15, 0.2) is 35.1 Å². The molecule has 2 heterocycles. The van der Waals surface area contributed by atoms with Crippen molar-refractivity contribution in [2.45, 2.75) is 19.9 Å². The van der Waals surface area contributed by atoms with Crippen LogP contribution in [-0.4, -0.2) is 22.9 Å². The van der Waals surface area contributed by atoms with Crippen molar-refractivity contribution >= 4 is 15.9 Å². The predicted molar refractivity (Wildman–Crippen MR) is 81.1 cm³/mol. The van der Waals surface area contributed by atoms with Gasteiger partial charge >= 0.3 is 0 Å². The number of hydrogen-bond acceptors (Lipinski definition) is 2. The highest BCUT2D eigenvalue weighted by Gasteiger charge is 2.15. The van der Waals surface area contributed by atoms with Crippen molar-refractivity contribution in [3.8, 4) is 11.1 Å². The molecule has 19 heavy (non-hydrogen) atoms. The Morgan fingerprint density at radius 3 is 3.11 bits per heavy atom. The number of rotatable bonds is 3. The van der Waals surface area contributed by atoms with Crippen LogP contribution >= 0.6 is 15.9 Å². The van der Waals surface area contributed by atoms with Gasteiger partial charge in [0, 0.05) is 22.8 Å². The fourth-order valence-corrected chi connectivity index (χ4v) is 3.16. The van der Waals surface area contributed by atoms with Gasteiger partial charge in [0.2, 0.25) is 0 Å². The van der Waals surface area contributed by atoms with Gasteiger partial charge in [0.1, 0.15) is 0 Å². The van der Waals surface area contributed by atoms with Crippen molar-refractivity contribution in [3.63, 3.8) is 0 Å². The first-order valence-electron chi connectivity index (χ1n) is 6.72. The van der Waals surface area contributed by atoms with Crippen LogP contribution in [0.5, 0.6) is 0 Å². The molecule has 3 nitrogen and oxygen atoms in total. The number of nitrogens with one attached hydrogen (secondary N) is 1. The molecule has 2 aromatic rings. The summed E-state index contributed by atoms with van der Waals surface area (Å²) in [6, 6.07) is 6.38. The lowest BCUT2D eigenvalue weighted by Gasteiger charge is -2.07. The van der Waals surface area contributed by atoms with Gasteiger partial charge in [-0.1, -0.05) is 22.0 Å². The monoisotopic (exact) mass is 319 g/mol. The van der Waals surface area contributed by atoms with Gasteiger partial charge in [-0.15, -0.1) is 0 Å². The van der Waals surface area contributed by atoms with Crippen LogP contribution in [0.4, 0.5) is 0 Å². The van der Waals surface area contributed by atoms with Crippen molar-refractivity contribution in [2.75, 3.05) is 13.1 Å². The van der Waals surface area contributed by atoms with Crippen molar-refractivity contribution in [3.05, 3.63) is 40.6 Å². The number of halogens is 1. The van der Waals surface area contributed by atoms with Crippen molar-refractivity contribution in [1.82, 2.24) is 15.1 Å². The Morgan fingerprint density at radius 1 is 1.47 bits per heavy atom. The third-order valence-corrected chi connectivity index (χ3v) is 4.23. The minimum absolute atomic E-state index is 0.721. The van der Waals surface area contributed by atoms with Gasteiger partial charge in [-0.2, -0.15) is 5.10 Å². The fraction of sp³-hybridized carbons (Fsp3) is 0.400. The van der Waals surface area contributed by atoms with E-state index in [9.17, 15) is 0 Å². The maximum Gasteiger partial charge on any atom is 0.0568 e. The Bertz CT molecular complexity index is 571. The van der Waals surface area contributed by atoms with Gasteiger partial charge in [0.15, 0.2) is 0 Å². The summed E-state index contributed by atoms with van der Waals surface area (Å²) >= 11 is 3.50. The van der Waals surface area contributed by atoms with Gasteiger partial charge in [-0.05, 0) is 55.6 Å². The maximum absolute atomic E-state index is 4.50. The van der Waals surface area contributed by atoms with E-state index in [-0.39, 0.29) is 0 Å². The van der Waals surface area contributed by atoms with Crippen LogP contribution in [0.25, 0.3) is 11.1 Å². The maximum atomic E-state index is 4.50. The third-order valence-electron chi connectivity index (χ3n) is 3.74. The highest BCUT2D eigenvalue weighted by Crippen LogP contribution is 2.26. The molecule has 0 amide bonds. The molecule has 1 atom stereocenters. The number of aryl methyl sites for hydroxylation is 1. The summed E-state index contributed by atoms with van der Waals surface area (Å²) in [6.45, 7) is 5.41. The SMILES string of the molecule is Cc1cc(Br)ccc1-c1cnn(CC2CCNC2)c1. The van der Waals surface area contributed by atoms with Gasteiger partial charge in [0.05, 0.1) is 6.20 Å². The summed E-state index contributed by atoms with van der Waals surface area (Å²) in [5.74, 6) is 0.721. The number of aromatic nitrogens is 2. The zero-order valence-electron chi connectivity index (χ0n) is 11.1. The lowest BCUT2D eigenvalue weighted by Crippen LogP contribution is -2.14. The second kappa shape index (κ2) is 5.47. The Kier molecular flexibility index (Phi) is 3.71. The van der Waals surface area contributed by atoms with Crippen LogP contribution < -0.4 is 5.32 Å². The molecule has 0 aliphatic carbocycles. The highest BCUT2D eigenvalue weighted by atomic mass is 79.9. The molecule has 1 N–H and O–H groups in total. The van der Waals surface area contributed by atoms with Crippen LogP contribution in [0.1, 0.15) is 12.0 Å². The average molecular weight is 320 g/mol. The van der Waals surface area contributed by atoms with Crippen LogP contribution in [0.2, 0.25) is 0 Å². The molecule has 0 saturated carbocycles. The molecule has 100 valence electrons. The summed E-state index contributed by atoms with van der Waals surface area (Å²) in [4.78, 5) is 0. The largest absolute Gasteiger partial charge is 0.316 e. The number of hydrogen-bond donors (Lipinski definition) is 1. The average Bonchev–Trinajstić information content (AvgIpc) is 3.01. The Morgan fingerprint density at radius 2 is 2.37 bits per heavy atom. The first-order chi connectivity index (χ1) is 9.22. The molecular formula is C15H18BrN3. The summed E-state index contributed by atoms with van der Waals surface area (Å²) in [6.07, 6.45) is 5.39. The van der Waals surface area contributed by atoms with Crippen molar-refractivity contribution < 1.29 is 0 Å². The molecule has 1 aliphatic heterocycles. The third kappa shape index (κ3) is 2.90. The first kappa shape index (κ1) is 12.9. The van der Waals surface area contributed by atoms with Crippen molar-refractivity contribution in [2.24, 2.45) is 5.92 Å². The van der Waals surface area contributed by atoms with Gasteiger partial charge in [-0.3, -0.25) is 4.68 Å². The van der Waals surface area contributed by atoms with Gasteiger partial charge < -0.3 is 5.32 Å². The molecule has 3 rings (SSSR count). The molecule has 1 aliphatic rings. The quantitative estimate of drug-likeness (QED) is 0.941. The molecular weight excluding hydrogens is 302 g/mol. The van der Waals surface area contributed by atoms with Crippen LogP contribution in [0.3, 0.4) is 0 Å². The lowest BCUT2D eigenvalue weighted by atomic mass is 10.0. The van der Waals surface area contributed by atoms with Crippen molar-refractivity contribution in [1.29, 1.82) is 0 Å². The summed E-state index contributed by atoms with van der Waals surface area (Å²) in [7, 11) is 0.